The lowest BCUT2D eigenvalue weighted by Crippen LogP contribution is -2.37. The summed E-state index contributed by atoms with van der Waals surface area (Å²) < 4.78 is 7.27. The number of amides is 1. The van der Waals surface area contributed by atoms with E-state index in [1.807, 2.05) is 23.1 Å². The van der Waals surface area contributed by atoms with Crippen LogP contribution in [-0.4, -0.2) is 28.5 Å². The van der Waals surface area contributed by atoms with Crippen LogP contribution in [-0.2, 0) is 11.2 Å². The molecule has 130 valence electrons. The van der Waals surface area contributed by atoms with Crippen molar-refractivity contribution in [2.75, 3.05) is 13.1 Å². The molecule has 1 aromatic heterocycles. The highest BCUT2D eigenvalue weighted by Crippen LogP contribution is 2.33. The van der Waals surface area contributed by atoms with E-state index >= 15 is 0 Å². The van der Waals surface area contributed by atoms with Crippen molar-refractivity contribution in [2.24, 2.45) is 0 Å². The minimum absolute atomic E-state index is 0.0197. The average molecular weight is 359 g/mol. The Morgan fingerprint density at radius 1 is 1.16 bits per heavy atom. The van der Waals surface area contributed by atoms with Crippen LogP contribution in [0.3, 0.4) is 0 Å². The van der Waals surface area contributed by atoms with Crippen molar-refractivity contribution >= 4 is 17.5 Å². The molecule has 1 saturated heterocycles. The van der Waals surface area contributed by atoms with E-state index in [1.165, 1.54) is 0 Å². The third kappa shape index (κ3) is 2.93. The van der Waals surface area contributed by atoms with Gasteiger partial charge in [-0.15, -0.1) is 0 Å². The van der Waals surface area contributed by atoms with Crippen molar-refractivity contribution in [1.29, 1.82) is 0 Å². The Hall–Kier alpha value is -2.27. The van der Waals surface area contributed by atoms with Crippen molar-refractivity contribution in [3.63, 3.8) is 0 Å². The predicted octanol–water partition coefficient (Wildman–Crippen LogP) is 3.40. The van der Waals surface area contributed by atoms with Crippen molar-refractivity contribution in [2.45, 2.75) is 31.7 Å². The van der Waals surface area contributed by atoms with E-state index in [1.54, 1.807) is 22.8 Å². The second kappa shape index (κ2) is 6.56. The molecule has 0 spiro atoms. The van der Waals surface area contributed by atoms with Gasteiger partial charge in [-0.2, -0.15) is 0 Å². The fourth-order valence-electron chi connectivity index (χ4n) is 3.66. The van der Waals surface area contributed by atoms with E-state index in [9.17, 15) is 9.59 Å². The number of carbonyl (C=O) groups excluding carboxylic acids is 1. The number of carbonyl (C=O) groups is 1. The molecular formula is C19H19ClN2O3. The molecule has 3 heterocycles. The van der Waals surface area contributed by atoms with Crippen LogP contribution in [0.1, 0.15) is 31.0 Å². The Bertz CT molecular complexity index is 857. The van der Waals surface area contributed by atoms with Gasteiger partial charge in [0.1, 0.15) is 11.8 Å². The van der Waals surface area contributed by atoms with E-state index in [2.05, 4.69) is 0 Å². The topological polar surface area (TPSA) is 51.5 Å². The van der Waals surface area contributed by atoms with Crippen LogP contribution < -0.4 is 10.3 Å². The fourth-order valence-corrected chi connectivity index (χ4v) is 3.94. The smallest absolute Gasteiger partial charge is 0.294 e. The van der Waals surface area contributed by atoms with Gasteiger partial charge >= 0.3 is 0 Å². The first-order valence-electron chi connectivity index (χ1n) is 8.61. The average Bonchev–Trinajstić information content (AvgIpc) is 3.30. The van der Waals surface area contributed by atoms with Gasteiger partial charge in [0, 0.05) is 24.8 Å². The molecule has 0 aliphatic carbocycles. The lowest BCUT2D eigenvalue weighted by molar-refractivity contribution is -0.133. The molecule has 2 aliphatic rings. The molecule has 2 aliphatic heterocycles. The number of halogens is 1. The second-order valence-corrected chi connectivity index (χ2v) is 6.89. The first-order chi connectivity index (χ1) is 12.1. The maximum atomic E-state index is 13.0. The standard InChI is InChI=1S/C19H19ClN2O3/c20-14-12-17(25-13-6-2-1-3-7-13)19(24)22-15(14)8-9-16(22)18(23)21-10-4-5-11-21/h1-3,6-7,12,16H,4-5,8-11H2/t16-/m0/s1. The zero-order chi connectivity index (χ0) is 17.4. The molecule has 0 unspecified atom stereocenters. The van der Waals surface area contributed by atoms with Crippen LogP contribution in [0.2, 0.25) is 5.02 Å². The van der Waals surface area contributed by atoms with Crippen molar-refractivity contribution in [3.8, 4) is 11.5 Å². The number of ether oxygens (including phenoxy) is 1. The second-order valence-electron chi connectivity index (χ2n) is 6.48. The number of fused-ring (bicyclic) bond motifs is 1. The zero-order valence-corrected chi connectivity index (χ0v) is 14.5. The number of pyridine rings is 1. The maximum Gasteiger partial charge on any atom is 0.294 e. The molecule has 1 amide bonds. The number of nitrogens with zero attached hydrogens (tertiary/aromatic N) is 2. The number of para-hydroxylation sites is 1. The Balaban J connectivity index is 1.71. The van der Waals surface area contributed by atoms with E-state index in [0.717, 1.165) is 31.6 Å². The normalized spacial score (nSPS) is 19.1. The van der Waals surface area contributed by atoms with Crippen LogP contribution in [0, 0.1) is 0 Å². The number of rotatable bonds is 3. The molecule has 0 N–H and O–H groups in total. The van der Waals surface area contributed by atoms with Gasteiger partial charge in [0.25, 0.3) is 5.56 Å². The molecule has 4 rings (SSSR count). The Kier molecular flexibility index (Phi) is 4.25. The summed E-state index contributed by atoms with van der Waals surface area (Å²) in [7, 11) is 0. The van der Waals surface area contributed by atoms with Gasteiger partial charge in [-0.25, -0.2) is 0 Å². The third-order valence-corrected chi connectivity index (χ3v) is 5.22. The number of hydrogen-bond donors (Lipinski definition) is 0. The molecule has 0 bridgehead atoms. The summed E-state index contributed by atoms with van der Waals surface area (Å²) in [5.41, 5.74) is 0.433. The first-order valence-corrected chi connectivity index (χ1v) is 8.98. The van der Waals surface area contributed by atoms with Crippen molar-refractivity contribution in [1.82, 2.24) is 9.47 Å². The largest absolute Gasteiger partial charge is 0.452 e. The third-order valence-electron chi connectivity index (χ3n) is 4.89. The van der Waals surface area contributed by atoms with Gasteiger partial charge in [-0.1, -0.05) is 29.8 Å². The molecule has 0 saturated carbocycles. The molecule has 1 aromatic carbocycles. The fraction of sp³-hybridized carbons (Fsp3) is 0.368. The van der Waals surface area contributed by atoms with Gasteiger partial charge in [0.05, 0.1) is 5.02 Å². The summed E-state index contributed by atoms with van der Waals surface area (Å²) in [6.45, 7) is 1.54. The van der Waals surface area contributed by atoms with Gasteiger partial charge in [-0.3, -0.25) is 14.2 Å². The van der Waals surface area contributed by atoms with Gasteiger partial charge in [0.15, 0.2) is 5.75 Å². The number of likely N-dealkylation sites (tertiary alicyclic amines) is 1. The Morgan fingerprint density at radius 3 is 2.60 bits per heavy atom. The highest BCUT2D eigenvalue weighted by atomic mass is 35.5. The van der Waals surface area contributed by atoms with Crippen LogP contribution in [0.25, 0.3) is 0 Å². The lowest BCUT2D eigenvalue weighted by atomic mass is 10.2. The summed E-state index contributed by atoms with van der Waals surface area (Å²) in [5, 5.41) is 0.474. The molecule has 2 aromatic rings. The van der Waals surface area contributed by atoms with Crippen LogP contribution in [0.4, 0.5) is 0 Å². The number of hydrogen-bond acceptors (Lipinski definition) is 3. The summed E-state index contributed by atoms with van der Waals surface area (Å²) in [6, 6.07) is 10.2. The highest BCUT2D eigenvalue weighted by molar-refractivity contribution is 6.31. The molecule has 1 atom stereocenters. The Labute approximate surface area is 150 Å². The van der Waals surface area contributed by atoms with Crippen LogP contribution >= 0.6 is 11.6 Å². The van der Waals surface area contributed by atoms with Crippen molar-refractivity contribution < 1.29 is 9.53 Å². The van der Waals surface area contributed by atoms with Crippen molar-refractivity contribution in [3.05, 3.63) is 57.5 Å². The Morgan fingerprint density at radius 2 is 1.88 bits per heavy atom. The predicted molar refractivity (Wildman–Crippen MR) is 95.4 cm³/mol. The number of benzene rings is 1. The van der Waals surface area contributed by atoms with Crippen LogP contribution in [0.15, 0.2) is 41.2 Å². The highest BCUT2D eigenvalue weighted by Gasteiger charge is 2.35. The van der Waals surface area contributed by atoms with Crippen LogP contribution in [0.5, 0.6) is 11.5 Å². The minimum atomic E-state index is -0.475. The van der Waals surface area contributed by atoms with E-state index in [0.29, 0.717) is 23.6 Å². The van der Waals surface area contributed by atoms with E-state index in [-0.39, 0.29) is 17.2 Å². The first kappa shape index (κ1) is 16.2. The molecule has 6 heteroatoms. The quantitative estimate of drug-likeness (QED) is 0.845. The molecule has 1 fully saturated rings. The summed E-state index contributed by atoms with van der Waals surface area (Å²) in [4.78, 5) is 27.6. The number of aromatic nitrogens is 1. The summed E-state index contributed by atoms with van der Waals surface area (Å²) in [5.74, 6) is 0.740. The zero-order valence-electron chi connectivity index (χ0n) is 13.8. The van der Waals surface area contributed by atoms with E-state index in [4.69, 9.17) is 16.3 Å². The lowest BCUT2D eigenvalue weighted by Gasteiger charge is -2.22. The molecule has 5 nitrogen and oxygen atoms in total. The van der Waals surface area contributed by atoms with Gasteiger partial charge in [0.2, 0.25) is 5.91 Å². The molecule has 0 radical (unpaired) electrons. The molecular weight excluding hydrogens is 340 g/mol. The SMILES string of the molecule is O=C([C@@H]1CCc2c(Cl)cc(Oc3ccccc3)c(=O)n21)N1CCCC1. The minimum Gasteiger partial charge on any atom is -0.452 e. The summed E-state index contributed by atoms with van der Waals surface area (Å²) in [6.07, 6.45) is 3.29. The molecule has 25 heavy (non-hydrogen) atoms. The van der Waals surface area contributed by atoms with E-state index < -0.39 is 6.04 Å². The summed E-state index contributed by atoms with van der Waals surface area (Å²) >= 11 is 6.38. The monoisotopic (exact) mass is 358 g/mol. The van der Waals surface area contributed by atoms with Gasteiger partial charge < -0.3 is 9.64 Å². The van der Waals surface area contributed by atoms with Gasteiger partial charge in [-0.05, 0) is 37.8 Å². The maximum absolute atomic E-state index is 13.0.